The molecule has 0 aliphatic carbocycles. The van der Waals surface area contributed by atoms with Crippen LogP contribution in [0.1, 0.15) is 12.5 Å². The van der Waals surface area contributed by atoms with Gasteiger partial charge in [-0.1, -0.05) is 36.9 Å². The van der Waals surface area contributed by atoms with E-state index in [4.69, 9.17) is 4.74 Å². The largest absolute Gasteiger partial charge is 0.457 e. The van der Waals surface area contributed by atoms with Crippen molar-refractivity contribution in [2.24, 2.45) is 0 Å². The lowest BCUT2D eigenvalue weighted by Crippen LogP contribution is -2.04. The van der Waals surface area contributed by atoms with E-state index >= 15 is 0 Å². The van der Waals surface area contributed by atoms with Crippen LogP contribution in [0.5, 0.6) is 0 Å². The van der Waals surface area contributed by atoms with Crippen LogP contribution < -0.4 is 0 Å². The molecular weight excluding hydrogens is 167 g/mol. The van der Waals surface area contributed by atoms with Gasteiger partial charge in [0.25, 0.3) is 0 Å². The molecule has 0 saturated carbocycles. The second-order valence-corrected chi connectivity index (χ2v) is 2.84. The van der Waals surface area contributed by atoms with E-state index in [-0.39, 0.29) is 5.97 Å². The quantitative estimate of drug-likeness (QED) is 0.404. The fourth-order valence-corrected chi connectivity index (χ4v) is 0.846. The standard InChI is InChI=1S/C11H12O2/c1-9(2)11(12)13-8-10-6-4-3-5-7-10/h3-7H,1,8H2,2H3/i1+1,9+1,11+1. The van der Waals surface area contributed by atoms with Crippen LogP contribution in [0.3, 0.4) is 0 Å². The van der Waals surface area contributed by atoms with Crippen molar-refractivity contribution in [3.8, 4) is 0 Å². The predicted molar refractivity (Wildman–Crippen MR) is 51.1 cm³/mol. The van der Waals surface area contributed by atoms with Crippen molar-refractivity contribution in [3.63, 3.8) is 0 Å². The smallest absolute Gasteiger partial charge is 0.333 e. The highest BCUT2D eigenvalue weighted by Gasteiger charge is 2.02. The Labute approximate surface area is 77.8 Å². The van der Waals surface area contributed by atoms with Crippen molar-refractivity contribution in [2.75, 3.05) is 0 Å². The highest BCUT2D eigenvalue weighted by Crippen LogP contribution is 2.02. The van der Waals surface area contributed by atoms with E-state index in [1.54, 1.807) is 6.92 Å². The van der Waals surface area contributed by atoms with Gasteiger partial charge in [0.2, 0.25) is 0 Å². The number of hydrogen-bond donors (Lipinski definition) is 0. The Morgan fingerprint density at radius 3 is 2.54 bits per heavy atom. The SMILES string of the molecule is C[13C](=[13CH2])[13C](=O)OCc1ccccc1. The van der Waals surface area contributed by atoms with Crippen LogP contribution in [0.4, 0.5) is 0 Å². The average molecular weight is 179 g/mol. The zero-order chi connectivity index (χ0) is 9.68. The number of esters is 1. The first-order chi connectivity index (χ1) is 6.20. The summed E-state index contributed by atoms with van der Waals surface area (Å²) in [5, 5.41) is 0. The van der Waals surface area contributed by atoms with Gasteiger partial charge in [-0.3, -0.25) is 0 Å². The molecule has 1 aromatic carbocycles. The summed E-state index contributed by atoms with van der Waals surface area (Å²) in [6, 6.07) is 9.55. The second-order valence-electron chi connectivity index (χ2n) is 2.84. The summed E-state index contributed by atoms with van der Waals surface area (Å²) in [6.07, 6.45) is 0. The zero-order valence-electron chi connectivity index (χ0n) is 7.62. The number of rotatable bonds is 3. The van der Waals surface area contributed by atoms with Gasteiger partial charge in [-0.2, -0.15) is 0 Å². The first-order valence-corrected chi connectivity index (χ1v) is 4.06. The van der Waals surface area contributed by atoms with Crippen molar-refractivity contribution in [1.29, 1.82) is 0 Å². The summed E-state index contributed by atoms with van der Waals surface area (Å²) in [6.45, 7) is 5.44. The van der Waals surface area contributed by atoms with Crippen molar-refractivity contribution in [3.05, 3.63) is 48.0 Å². The Kier molecular flexibility index (Phi) is 3.26. The molecule has 0 atom stereocenters. The van der Waals surface area contributed by atoms with Crippen LogP contribution in [-0.4, -0.2) is 5.97 Å². The molecule has 0 radical (unpaired) electrons. The van der Waals surface area contributed by atoms with Gasteiger partial charge >= 0.3 is 5.97 Å². The second kappa shape index (κ2) is 4.45. The number of carbonyl (C=O) groups is 1. The maximum absolute atomic E-state index is 11.0. The van der Waals surface area contributed by atoms with E-state index in [1.807, 2.05) is 30.3 Å². The van der Waals surface area contributed by atoms with Crippen molar-refractivity contribution in [2.45, 2.75) is 13.5 Å². The third kappa shape index (κ3) is 3.11. The van der Waals surface area contributed by atoms with Gasteiger partial charge in [0.05, 0.1) is 0 Å². The van der Waals surface area contributed by atoms with Crippen LogP contribution in [0.15, 0.2) is 42.5 Å². The minimum atomic E-state index is -0.344. The molecule has 2 nitrogen and oxygen atoms in total. The van der Waals surface area contributed by atoms with E-state index in [0.717, 1.165) is 5.56 Å². The molecule has 0 aromatic heterocycles. The van der Waals surface area contributed by atoms with Crippen LogP contribution >= 0.6 is 0 Å². The maximum Gasteiger partial charge on any atom is 0.333 e. The summed E-state index contributed by atoms with van der Waals surface area (Å²) >= 11 is 0. The van der Waals surface area contributed by atoms with Gasteiger partial charge in [0.15, 0.2) is 0 Å². The fraction of sp³-hybridized carbons (Fsp3) is 0.182. The summed E-state index contributed by atoms with van der Waals surface area (Å²) in [5.41, 5.74) is 1.41. The van der Waals surface area contributed by atoms with Crippen LogP contribution in [0, 0.1) is 0 Å². The van der Waals surface area contributed by atoms with Gasteiger partial charge in [0, 0.05) is 5.57 Å². The van der Waals surface area contributed by atoms with E-state index < -0.39 is 0 Å². The lowest BCUT2D eigenvalue weighted by atomic mass is 10.2. The van der Waals surface area contributed by atoms with E-state index in [9.17, 15) is 4.79 Å². The van der Waals surface area contributed by atoms with Gasteiger partial charge in [-0.25, -0.2) is 4.79 Å². The average Bonchev–Trinajstić information content (AvgIpc) is 2.15. The Morgan fingerprint density at radius 2 is 2.00 bits per heavy atom. The molecule has 0 N–H and O–H groups in total. The van der Waals surface area contributed by atoms with Crippen LogP contribution in [0.2, 0.25) is 0 Å². The molecule has 0 aliphatic rings. The molecule has 0 aliphatic heterocycles. The van der Waals surface area contributed by atoms with Gasteiger partial charge in [-0.05, 0) is 12.5 Å². The molecule has 13 heavy (non-hydrogen) atoms. The van der Waals surface area contributed by atoms with Crippen molar-refractivity contribution < 1.29 is 9.53 Å². The monoisotopic (exact) mass is 179 g/mol. The number of ether oxygens (including phenoxy) is 1. The first kappa shape index (κ1) is 9.52. The number of carbonyl (C=O) groups excluding carboxylic acids is 1. The summed E-state index contributed by atoms with van der Waals surface area (Å²) in [4.78, 5) is 11.0. The maximum atomic E-state index is 11.0. The lowest BCUT2D eigenvalue weighted by molar-refractivity contribution is -0.140. The molecular formula is C11H12O2. The zero-order valence-corrected chi connectivity index (χ0v) is 7.62. The minimum absolute atomic E-state index is 0.312. The molecule has 68 valence electrons. The number of hydrogen-bond acceptors (Lipinski definition) is 2. The Hall–Kier alpha value is -1.57. The molecule has 2 heteroatoms. The third-order valence-electron chi connectivity index (χ3n) is 1.56. The molecule has 0 saturated heterocycles. The molecule has 1 rings (SSSR count). The number of benzene rings is 1. The normalized spacial score (nSPS) is 9.31. The topological polar surface area (TPSA) is 26.3 Å². The molecule has 0 amide bonds. The summed E-state index contributed by atoms with van der Waals surface area (Å²) in [7, 11) is 0. The fourth-order valence-electron chi connectivity index (χ4n) is 0.846. The Morgan fingerprint density at radius 1 is 1.38 bits per heavy atom. The van der Waals surface area contributed by atoms with E-state index in [1.165, 1.54) is 0 Å². The lowest BCUT2D eigenvalue weighted by Gasteiger charge is -2.03. The van der Waals surface area contributed by atoms with Crippen molar-refractivity contribution >= 4 is 5.97 Å². The first-order valence-electron chi connectivity index (χ1n) is 4.06. The Bertz CT molecular complexity index is 301. The van der Waals surface area contributed by atoms with Gasteiger partial charge < -0.3 is 4.74 Å². The molecule has 0 fully saturated rings. The third-order valence-corrected chi connectivity index (χ3v) is 1.56. The highest BCUT2D eigenvalue weighted by molar-refractivity contribution is 5.86. The van der Waals surface area contributed by atoms with E-state index in [0.29, 0.717) is 12.2 Å². The predicted octanol–water partition coefficient (Wildman–Crippen LogP) is 2.31. The van der Waals surface area contributed by atoms with Gasteiger partial charge in [-0.15, -0.1) is 0 Å². The van der Waals surface area contributed by atoms with Crippen LogP contribution in [0.25, 0.3) is 0 Å². The van der Waals surface area contributed by atoms with E-state index in [2.05, 4.69) is 6.58 Å². The van der Waals surface area contributed by atoms with Crippen molar-refractivity contribution in [1.82, 2.24) is 0 Å². The van der Waals surface area contributed by atoms with Gasteiger partial charge in [0.1, 0.15) is 6.61 Å². The molecule has 0 spiro atoms. The molecule has 0 unspecified atom stereocenters. The molecule has 1 aromatic rings. The molecule has 0 heterocycles. The summed E-state index contributed by atoms with van der Waals surface area (Å²) in [5.74, 6) is -0.344. The Balaban J connectivity index is 2.44. The molecule has 0 bridgehead atoms. The summed E-state index contributed by atoms with van der Waals surface area (Å²) < 4.78 is 4.95. The minimum Gasteiger partial charge on any atom is -0.457 e. The highest BCUT2D eigenvalue weighted by atomic mass is 16.6. The van der Waals surface area contributed by atoms with Crippen LogP contribution in [-0.2, 0) is 16.1 Å².